The van der Waals surface area contributed by atoms with Gasteiger partial charge in [0.05, 0.1) is 12.4 Å². The molecule has 1 amide bonds. The molecule has 0 saturated carbocycles. The number of aliphatic hydroxyl groups excluding tert-OH is 1. The molecule has 0 aromatic heterocycles. The monoisotopic (exact) mass is 265 g/mol. The lowest BCUT2D eigenvalue weighted by Crippen LogP contribution is -2.36. The summed E-state index contributed by atoms with van der Waals surface area (Å²) in [6.45, 7) is 1.91. The van der Waals surface area contributed by atoms with Crippen LogP contribution in [0.25, 0.3) is 0 Å². The Morgan fingerprint density at radius 3 is 2.44 bits per heavy atom. The average Bonchev–Trinajstić information content (AvgIpc) is 2.46. The second kappa shape index (κ2) is 6.81. The van der Waals surface area contributed by atoms with E-state index in [-0.39, 0.29) is 12.5 Å². The van der Waals surface area contributed by atoms with Gasteiger partial charge in [0.1, 0.15) is 0 Å². The van der Waals surface area contributed by atoms with Crippen LogP contribution in [-0.4, -0.2) is 34.8 Å². The number of hydrogen-bond acceptors (Lipinski definition) is 3. The van der Waals surface area contributed by atoms with E-state index in [0.717, 1.165) is 36.4 Å². The van der Waals surface area contributed by atoms with Gasteiger partial charge in [-0.3, -0.25) is 4.79 Å². The van der Waals surface area contributed by atoms with Crippen molar-refractivity contribution in [2.45, 2.75) is 30.8 Å². The minimum atomic E-state index is 0.0671. The van der Waals surface area contributed by atoms with Gasteiger partial charge in [0.2, 0.25) is 5.91 Å². The number of amides is 1. The van der Waals surface area contributed by atoms with Crippen molar-refractivity contribution in [3.05, 3.63) is 29.8 Å². The largest absolute Gasteiger partial charge is 0.392 e. The second-order valence-corrected chi connectivity index (χ2v) is 5.58. The number of thioether (sulfide) groups is 1. The van der Waals surface area contributed by atoms with E-state index in [2.05, 4.69) is 0 Å². The zero-order valence-corrected chi connectivity index (χ0v) is 11.3. The molecule has 0 bridgehead atoms. The molecular formula is C14H19NO2S. The topological polar surface area (TPSA) is 40.5 Å². The summed E-state index contributed by atoms with van der Waals surface area (Å²) in [6, 6.07) is 7.71. The van der Waals surface area contributed by atoms with Crippen molar-refractivity contribution in [2.24, 2.45) is 0 Å². The fourth-order valence-electron chi connectivity index (χ4n) is 2.07. The fourth-order valence-corrected chi connectivity index (χ4v) is 2.87. The highest BCUT2D eigenvalue weighted by Gasteiger charge is 2.16. The van der Waals surface area contributed by atoms with Gasteiger partial charge in [0.25, 0.3) is 0 Å². The molecule has 1 aromatic carbocycles. The summed E-state index contributed by atoms with van der Waals surface area (Å²) >= 11 is 1.57. The van der Waals surface area contributed by atoms with Crippen molar-refractivity contribution >= 4 is 17.7 Å². The summed E-state index contributed by atoms with van der Waals surface area (Å²) in [5.74, 6) is 0.754. The minimum Gasteiger partial charge on any atom is -0.392 e. The van der Waals surface area contributed by atoms with Crippen LogP contribution in [0.3, 0.4) is 0 Å². The maximum Gasteiger partial charge on any atom is 0.232 e. The van der Waals surface area contributed by atoms with E-state index >= 15 is 0 Å². The summed E-state index contributed by atoms with van der Waals surface area (Å²) in [6.07, 6.45) is 3.53. The molecule has 0 atom stereocenters. The first-order valence-electron chi connectivity index (χ1n) is 6.40. The SMILES string of the molecule is O=C(CSc1ccc(CO)cc1)N1CCCCC1. The maximum absolute atomic E-state index is 12.0. The molecular weight excluding hydrogens is 246 g/mol. The van der Waals surface area contributed by atoms with Crippen LogP contribution in [0, 0.1) is 0 Å². The number of rotatable bonds is 4. The van der Waals surface area contributed by atoms with Crippen LogP contribution < -0.4 is 0 Å². The third kappa shape index (κ3) is 3.75. The highest BCUT2D eigenvalue weighted by Crippen LogP contribution is 2.20. The van der Waals surface area contributed by atoms with Crippen LogP contribution in [0.15, 0.2) is 29.2 Å². The Morgan fingerprint density at radius 2 is 1.83 bits per heavy atom. The third-order valence-corrected chi connectivity index (χ3v) is 4.17. The number of likely N-dealkylation sites (tertiary alicyclic amines) is 1. The van der Waals surface area contributed by atoms with Crippen molar-refractivity contribution < 1.29 is 9.90 Å². The van der Waals surface area contributed by atoms with Crippen LogP contribution in [0.5, 0.6) is 0 Å². The van der Waals surface area contributed by atoms with Crippen molar-refractivity contribution in [3.63, 3.8) is 0 Å². The predicted octanol–water partition coefficient (Wildman–Crippen LogP) is 2.28. The molecule has 98 valence electrons. The molecule has 2 rings (SSSR count). The van der Waals surface area contributed by atoms with Gasteiger partial charge >= 0.3 is 0 Å². The van der Waals surface area contributed by atoms with E-state index in [1.54, 1.807) is 11.8 Å². The molecule has 1 N–H and O–H groups in total. The lowest BCUT2D eigenvalue weighted by Gasteiger charge is -2.26. The zero-order chi connectivity index (χ0) is 12.8. The normalized spacial score (nSPS) is 15.7. The Balaban J connectivity index is 1.80. The third-order valence-electron chi connectivity index (χ3n) is 3.18. The first-order chi connectivity index (χ1) is 8.79. The van der Waals surface area contributed by atoms with Gasteiger partial charge in [-0.05, 0) is 37.0 Å². The van der Waals surface area contributed by atoms with Crippen molar-refractivity contribution in [2.75, 3.05) is 18.8 Å². The average molecular weight is 265 g/mol. The second-order valence-electron chi connectivity index (χ2n) is 4.53. The Bertz CT molecular complexity index is 385. The summed E-state index contributed by atoms with van der Waals surface area (Å²) < 4.78 is 0. The fraction of sp³-hybridized carbons (Fsp3) is 0.500. The molecule has 0 unspecified atom stereocenters. The molecule has 18 heavy (non-hydrogen) atoms. The molecule has 0 spiro atoms. The molecule has 1 heterocycles. The maximum atomic E-state index is 12.0. The lowest BCUT2D eigenvalue weighted by molar-refractivity contribution is -0.129. The smallest absolute Gasteiger partial charge is 0.232 e. The van der Waals surface area contributed by atoms with E-state index in [1.165, 1.54) is 6.42 Å². The highest BCUT2D eigenvalue weighted by atomic mass is 32.2. The number of carbonyl (C=O) groups is 1. The van der Waals surface area contributed by atoms with Crippen LogP contribution in [-0.2, 0) is 11.4 Å². The molecule has 1 fully saturated rings. The minimum absolute atomic E-state index is 0.0671. The number of nitrogens with zero attached hydrogens (tertiary/aromatic N) is 1. The number of hydrogen-bond donors (Lipinski definition) is 1. The van der Waals surface area contributed by atoms with E-state index in [9.17, 15) is 4.79 Å². The number of benzene rings is 1. The number of piperidine rings is 1. The van der Waals surface area contributed by atoms with E-state index < -0.39 is 0 Å². The molecule has 4 heteroatoms. The van der Waals surface area contributed by atoms with Crippen LogP contribution in [0.1, 0.15) is 24.8 Å². The van der Waals surface area contributed by atoms with E-state index in [1.807, 2.05) is 29.2 Å². The van der Waals surface area contributed by atoms with Gasteiger partial charge < -0.3 is 10.0 Å². The summed E-state index contributed by atoms with van der Waals surface area (Å²) in [5, 5.41) is 8.95. The van der Waals surface area contributed by atoms with Gasteiger partial charge in [-0.25, -0.2) is 0 Å². The summed E-state index contributed by atoms with van der Waals surface area (Å²) in [5.41, 5.74) is 0.904. The van der Waals surface area contributed by atoms with Gasteiger partial charge in [0.15, 0.2) is 0 Å². The molecule has 1 saturated heterocycles. The standard InChI is InChI=1S/C14H19NO2S/c16-10-12-4-6-13(7-5-12)18-11-14(17)15-8-2-1-3-9-15/h4-7,16H,1-3,8-11H2. The van der Waals surface area contributed by atoms with Crippen LogP contribution in [0.2, 0.25) is 0 Å². The molecule has 1 aromatic rings. The summed E-state index contributed by atoms with van der Waals surface area (Å²) in [7, 11) is 0. The van der Waals surface area contributed by atoms with Gasteiger partial charge in [-0.1, -0.05) is 12.1 Å². The van der Waals surface area contributed by atoms with Gasteiger partial charge in [-0.15, -0.1) is 11.8 Å². The predicted molar refractivity (Wildman–Crippen MR) is 73.5 cm³/mol. The van der Waals surface area contributed by atoms with Gasteiger partial charge in [0, 0.05) is 18.0 Å². The van der Waals surface area contributed by atoms with E-state index in [0.29, 0.717) is 5.75 Å². The van der Waals surface area contributed by atoms with Crippen molar-refractivity contribution in [3.8, 4) is 0 Å². The Labute approximate surface area is 112 Å². The highest BCUT2D eigenvalue weighted by molar-refractivity contribution is 8.00. The Kier molecular flexibility index (Phi) is 5.08. The Morgan fingerprint density at radius 1 is 1.17 bits per heavy atom. The van der Waals surface area contributed by atoms with E-state index in [4.69, 9.17) is 5.11 Å². The first kappa shape index (κ1) is 13.4. The van der Waals surface area contributed by atoms with Gasteiger partial charge in [-0.2, -0.15) is 0 Å². The number of carbonyl (C=O) groups excluding carboxylic acids is 1. The molecule has 0 aliphatic carbocycles. The molecule has 0 radical (unpaired) electrons. The Hall–Kier alpha value is -1.00. The number of aliphatic hydroxyl groups is 1. The lowest BCUT2D eigenvalue weighted by atomic mass is 10.1. The zero-order valence-electron chi connectivity index (χ0n) is 10.5. The molecule has 1 aliphatic heterocycles. The molecule has 1 aliphatic rings. The first-order valence-corrected chi connectivity index (χ1v) is 7.38. The van der Waals surface area contributed by atoms with Crippen molar-refractivity contribution in [1.82, 2.24) is 4.90 Å². The summed E-state index contributed by atoms with van der Waals surface area (Å²) in [4.78, 5) is 15.0. The van der Waals surface area contributed by atoms with Crippen LogP contribution >= 0.6 is 11.8 Å². The quantitative estimate of drug-likeness (QED) is 0.849. The molecule has 3 nitrogen and oxygen atoms in total. The van der Waals surface area contributed by atoms with Crippen LogP contribution in [0.4, 0.5) is 0 Å². The van der Waals surface area contributed by atoms with Crippen molar-refractivity contribution in [1.29, 1.82) is 0 Å².